The van der Waals surface area contributed by atoms with Gasteiger partial charge in [0.15, 0.2) is 0 Å². The number of H-pyrrole nitrogens is 1. The lowest BCUT2D eigenvalue weighted by molar-refractivity contribution is -0.0132. The van der Waals surface area contributed by atoms with E-state index < -0.39 is 11.5 Å². The van der Waals surface area contributed by atoms with Gasteiger partial charge in [0.1, 0.15) is 17.3 Å². The first-order valence-electron chi connectivity index (χ1n) is 8.86. The zero-order valence-electron chi connectivity index (χ0n) is 15.7. The van der Waals surface area contributed by atoms with Crippen molar-refractivity contribution in [3.8, 4) is 6.07 Å². The van der Waals surface area contributed by atoms with Crippen LogP contribution in [-0.4, -0.2) is 48.3 Å². The quantitative estimate of drug-likeness (QED) is 0.820. The number of carbonyl (C=O) groups is 1. The fraction of sp³-hybridized carbons (Fsp3) is 0.474. The third-order valence-corrected chi connectivity index (χ3v) is 5.10. The Bertz CT molecular complexity index is 968. The highest BCUT2D eigenvalue weighted by Gasteiger charge is 2.32. The van der Waals surface area contributed by atoms with E-state index in [0.29, 0.717) is 29.7 Å². The Kier molecular flexibility index (Phi) is 5.15. The summed E-state index contributed by atoms with van der Waals surface area (Å²) in [7, 11) is 1.69. The molecule has 1 N–H and O–H groups in total. The second kappa shape index (κ2) is 7.37. The molecule has 0 aliphatic carbocycles. The number of methoxy groups -OCH3 is 1. The van der Waals surface area contributed by atoms with Crippen LogP contribution >= 0.6 is 0 Å². The second-order valence-electron chi connectivity index (χ2n) is 6.77. The lowest BCUT2D eigenvalue weighted by Crippen LogP contribution is -2.44. The standard InChI is InChI=1S/C19H22N4O4/c1-4-27-18(25)14-9-12-15(11-21-14)22-17(24)13(10-20)16(12)23-7-5-19(2,26-3)6-8-23/h9,11H,4-8H2,1-3H3,(H,22,24). The van der Waals surface area contributed by atoms with E-state index in [1.54, 1.807) is 20.1 Å². The van der Waals surface area contributed by atoms with E-state index in [0.717, 1.165) is 12.8 Å². The number of hydrogen-bond acceptors (Lipinski definition) is 7. The van der Waals surface area contributed by atoms with Gasteiger partial charge in [0.05, 0.1) is 29.6 Å². The Hall–Kier alpha value is -2.92. The summed E-state index contributed by atoms with van der Waals surface area (Å²) in [5.41, 5.74) is 0.484. The Morgan fingerprint density at radius 1 is 1.44 bits per heavy atom. The number of fused-ring (bicyclic) bond motifs is 1. The van der Waals surface area contributed by atoms with E-state index in [-0.39, 0.29) is 23.5 Å². The molecule has 27 heavy (non-hydrogen) atoms. The molecule has 0 atom stereocenters. The van der Waals surface area contributed by atoms with Gasteiger partial charge in [-0.25, -0.2) is 9.78 Å². The number of nitrogens with zero attached hydrogens (tertiary/aromatic N) is 3. The molecule has 3 heterocycles. The Labute approximate surface area is 156 Å². The predicted molar refractivity (Wildman–Crippen MR) is 99.9 cm³/mol. The van der Waals surface area contributed by atoms with Crippen molar-refractivity contribution in [2.24, 2.45) is 0 Å². The van der Waals surface area contributed by atoms with Crippen LogP contribution in [-0.2, 0) is 9.47 Å². The van der Waals surface area contributed by atoms with Crippen LogP contribution in [0, 0.1) is 11.3 Å². The van der Waals surface area contributed by atoms with E-state index in [1.165, 1.54) is 6.20 Å². The van der Waals surface area contributed by atoms with E-state index >= 15 is 0 Å². The Morgan fingerprint density at radius 2 is 2.15 bits per heavy atom. The number of aromatic amines is 1. The number of nitriles is 1. The third kappa shape index (κ3) is 3.51. The normalized spacial score (nSPS) is 16.1. The lowest BCUT2D eigenvalue weighted by atomic mass is 9.92. The summed E-state index contributed by atoms with van der Waals surface area (Å²) in [6, 6.07) is 3.58. The summed E-state index contributed by atoms with van der Waals surface area (Å²) in [5.74, 6) is -0.541. The molecule has 0 amide bonds. The number of esters is 1. The van der Waals surface area contributed by atoms with E-state index in [9.17, 15) is 14.9 Å². The number of carbonyl (C=O) groups excluding carboxylic acids is 1. The van der Waals surface area contributed by atoms with Crippen LogP contribution in [0.4, 0.5) is 5.69 Å². The number of pyridine rings is 2. The fourth-order valence-corrected chi connectivity index (χ4v) is 3.33. The number of rotatable bonds is 4. The molecule has 0 aromatic carbocycles. The molecule has 142 valence electrons. The van der Waals surface area contributed by atoms with Gasteiger partial charge >= 0.3 is 5.97 Å². The highest BCUT2D eigenvalue weighted by Crippen LogP contribution is 2.33. The lowest BCUT2D eigenvalue weighted by Gasteiger charge is -2.40. The van der Waals surface area contributed by atoms with Gasteiger partial charge in [-0.3, -0.25) is 4.79 Å². The molecule has 1 fully saturated rings. The molecule has 8 nitrogen and oxygen atoms in total. The summed E-state index contributed by atoms with van der Waals surface area (Å²) < 4.78 is 10.6. The van der Waals surface area contributed by atoms with Crippen molar-refractivity contribution in [1.82, 2.24) is 9.97 Å². The molecule has 0 bridgehead atoms. The van der Waals surface area contributed by atoms with Crippen LogP contribution in [0.3, 0.4) is 0 Å². The van der Waals surface area contributed by atoms with Crippen LogP contribution in [0.2, 0.25) is 0 Å². The molecule has 1 aliphatic rings. The van der Waals surface area contributed by atoms with Crippen molar-refractivity contribution in [3.05, 3.63) is 33.9 Å². The van der Waals surface area contributed by atoms with Gasteiger partial charge in [0.25, 0.3) is 5.56 Å². The largest absolute Gasteiger partial charge is 0.461 e. The van der Waals surface area contributed by atoms with E-state index in [2.05, 4.69) is 9.97 Å². The molecule has 0 saturated carbocycles. The van der Waals surface area contributed by atoms with Crippen molar-refractivity contribution in [2.45, 2.75) is 32.3 Å². The van der Waals surface area contributed by atoms with Gasteiger partial charge < -0.3 is 19.4 Å². The van der Waals surface area contributed by atoms with Crippen LogP contribution in [0.5, 0.6) is 0 Å². The number of anilines is 1. The summed E-state index contributed by atoms with van der Waals surface area (Å²) in [6.07, 6.45) is 2.95. The van der Waals surface area contributed by atoms with E-state index in [1.807, 2.05) is 17.9 Å². The SMILES string of the molecule is CCOC(=O)c1cc2c(N3CCC(C)(OC)CC3)c(C#N)c(=O)[nH]c2cn1. The number of aromatic nitrogens is 2. The van der Waals surface area contributed by atoms with Crippen LogP contribution in [0.25, 0.3) is 10.9 Å². The van der Waals surface area contributed by atoms with Crippen LogP contribution < -0.4 is 10.5 Å². The van der Waals surface area contributed by atoms with Crippen LogP contribution in [0.15, 0.2) is 17.1 Å². The van der Waals surface area contributed by atoms with Crippen LogP contribution in [0.1, 0.15) is 42.7 Å². The summed E-state index contributed by atoms with van der Waals surface area (Å²) >= 11 is 0. The topological polar surface area (TPSA) is 108 Å². The van der Waals surface area contributed by atoms with Crippen molar-refractivity contribution >= 4 is 22.6 Å². The molecule has 3 rings (SSSR count). The maximum Gasteiger partial charge on any atom is 0.356 e. The van der Waals surface area contributed by atoms with E-state index in [4.69, 9.17) is 9.47 Å². The van der Waals surface area contributed by atoms with Crippen molar-refractivity contribution < 1.29 is 14.3 Å². The first kappa shape index (κ1) is 18.9. The minimum atomic E-state index is -0.541. The van der Waals surface area contributed by atoms with Gasteiger partial charge in [-0.15, -0.1) is 0 Å². The van der Waals surface area contributed by atoms with Crippen molar-refractivity contribution in [3.63, 3.8) is 0 Å². The van der Waals surface area contributed by atoms with Gasteiger partial charge in [-0.05, 0) is 32.8 Å². The molecule has 0 unspecified atom stereocenters. The highest BCUT2D eigenvalue weighted by molar-refractivity contribution is 5.98. The van der Waals surface area contributed by atoms with Gasteiger partial charge in [-0.1, -0.05) is 0 Å². The minimum Gasteiger partial charge on any atom is -0.461 e. The molecule has 0 spiro atoms. The first-order valence-corrected chi connectivity index (χ1v) is 8.86. The monoisotopic (exact) mass is 370 g/mol. The van der Waals surface area contributed by atoms with Gasteiger partial charge in [0, 0.05) is 25.6 Å². The molecule has 8 heteroatoms. The average Bonchev–Trinajstić information content (AvgIpc) is 2.67. The maximum absolute atomic E-state index is 12.4. The minimum absolute atomic E-state index is 0.0320. The third-order valence-electron chi connectivity index (χ3n) is 5.10. The summed E-state index contributed by atoms with van der Waals surface area (Å²) in [4.78, 5) is 33.2. The number of piperidine rings is 1. The second-order valence-corrected chi connectivity index (χ2v) is 6.77. The van der Waals surface area contributed by atoms with Crippen molar-refractivity contribution in [2.75, 3.05) is 31.7 Å². The molecular formula is C19H22N4O4. The zero-order valence-corrected chi connectivity index (χ0v) is 15.7. The number of nitrogens with one attached hydrogen (secondary N) is 1. The summed E-state index contributed by atoms with van der Waals surface area (Å²) in [6.45, 7) is 5.27. The Morgan fingerprint density at radius 3 is 2.74 bits per heavy atom. The zero-order chi connectivity index (χ0) is 19.6. The Balaban J connectivity index is 2.14. The smallest absolute Gasteiger partial charge is 0.356 e. The number of hydrogen-bond donors (Lipinski definition) is 1. The molecule has 1 aliphatic heterocycles. The van der Waals surface area contributed by atoms with Gasteiger partial charge in [-0.2, -0.15) is 5.26 Å². The predicted octanol–water partition coefficient (Wildman–Crippen LogP) is 1.98. The maximum atomic E-state index is 12.4. The summed E-state index contributed by atoms with van der Waals surface area (Å²) in [5, 5.41) is 10.2. The molecule has 2 aromatic heterocycles. The molecule has 1 saturated heterocycles. The first-order chi connectivity index (χ1) is 12.9. The van der Waals surface area contributed by atoms with Gasteiger partial charge in [0.2, 0.25) is 0 Å². The molecule has 2 aromatic rings. The molecular weight excluding hydrogens is 348 g/mol. The fourth-order valence-electron chi connectivity index (χ4n) is 3.33. The van der Waals surface area contributed by atoms with Crippen molar-refractivity contribution in [1.29, 1.82) is 5.26 Å². The number of ether oxygens (including phenoxy) is 2. The highest BCUT2D eigenvalue weighted by atomic mass is 16.5. The average molecular weight is 370 g/mol. The molecule has 0 radical (unpaired) electrons.